The van der Waals surface area contributed by atoms with E-state index < -0.39 is 0 Å². The lowest BCUT2D eigenvalue weighted by molar-refractivity contribution is 0.281. The number of hydrogen-bond acceptors (Lipinski definition) is 3. The van der Waals surface area contributed by atoms with Gasteiger partial charge in [-0.2, -0.15) is 0 Å². The molecule has 1 unspecified atom stereocenters. The summed E-state index contributed by atoms with van der Waals surface area (Å²) in [4.78, 5) is 6.40. The summed E-state index contributed by atoms with van der Waals surface area (Å²) in [6, 6.07) is 10.5. The van der Waals surface area contributed by atoms with E-state index in [0.717, 1.165) is 24.2 Å². The number of rotatable bonds is 2. The van der Waals surface area contributed by atoms with Gasteiger partial charge < -0.3 is 10.0 Å². The molecule has 1 N–H and O–H groups in total. The van der Waals surface area contributed by atoms with Crippen LogP contribution < -0.4 is 4.90 Å². The van der Waals surface area contributed by atoms with Gasteiger partial charge in [0.25, 0.3) is 0 Å². The Morgan fingerprint density at radius 3 is 2.95 bits per heavy atom. The second-order valence-electron chi connectivity index (χ2n) is 5.21. The summed E-state index contributed by atoms with van der Waals surface area (Å²) in [7, 11) is 0. The number of benzene rings is 1. The molecule has 1 atom stereocenters. The minimum absolute atomic E-state index is 0.0240. The second kappa shape index (κ2) is 5.02. The smallest absolute Gasteiger partial charge is 0.0717 e. The van der Waals surface area contributed by atoms with Crippen molar-refractivity contribution in [3.8, 4) is 0 Å². The summed E-state index contributed by atoms with van der Waals surface area (Å²) >= 11 is 0. The minimum Gasteiger partial charge on any atom is -0.392 e. The molecule has 19 heavy (non-hydrogen) atoms. The largest absolute Gasteiger partial charge is 0.392 e. The number of nitrogens with zero attached hydrogens (tertiary/aromatic N) is 2. The zero-order valence-electron chi connectivity index (χ0n) is 11.1. The van der Waals surface area contributed by atoms with Gasteiger partial charge in [-0.3, -0.25) is 4.98 Å². The predicted molar refractivity (Wildman–Crippen MR) is 76.5 cm³/mol. The zero-order chi connectivity index (χ0) is 13.2. The van der Waals surface area contributed by atoms with Gasteiger partial charge in [0.05, 0.1) is 6.61 Å². The van der Waals surface area contributed by atoms with Gasteiger partial charge in [-0.1, -0.05) is 25.1 Å². The molecule has 0 saturated carbocycles. The van der Waals surface area contributed by atoms with E-state index in [-0.39, 0.29) is 6.61 Å². The van der Waals surface area contributed by atoms with E-state index in [0.29, 0.717) is 5.92 Å². The van der Waals surface area contributed by atoms with Crippen molar-refractivity contribution in [1.82, 2.24) is 4.98 Å². The van der Waals surface area contributed by atoms with Crippen molar-refractivity contribution in [2.45, 2.75) is 20.0 Å². The van der Waals surface area contributed by atoms with Gasteiger partial charge in [-0.15, -0.1) is 0 Å². The molecule has 3 rings (SSSR count). The molecule has 0 saturated heterocycles. The maximum atomic E-state index is 9.50. The van der Waals surface area contributed by atoms with Crippen LogP contribution in [0.3, 0.4) is 0 Å². The lowest BCUT2D eigenvalue weighted by Gasteiger charge is -2.35. The molecule has 3 heteroatoms. The molecule has 0 spiro atoms. The SMILES string of the molecule is CC1Cc2ccccc2N(c2ccncc2CO)C1. The van der Waals surface area contributed by atoms with E-state index in [2.05, 4.69) is 41.1 Å². The molecule has 0 aliphatic carbocycles. The number of fused-ring (bicyclic) bond motifs is 1. The van der Waals surface area contributed by atoms with Crippen LogP contribution in [0.5, 0.6) is 0 Å². The maximum absolute atomic E-state index is 9.50. The van der Waals surface area contributed by atoms with Gasteiger partial charge in [0.1, 0.15) is 0 Å². The number of pyridine rings is 1. The summed E-state index contributed by atoms with van der Waals surface area (Å²) in [5.74, 6) is 0.606. The van der Waals surface area contributed by atoms with E-state index in [1.807, 2.05) is 6.07 Å². The van der Waals surface area contributed by atoms with Gasteiger partial charge in [0.2, 0.25) is 0 Å². The third kappa shape index (κ3) is 2.22. The van der Waals surface area contributed by atoms with Crippen LogP contribution in [0, 0.1) is 5.92 Å². The first-order valence-electron chi connectivity index (χ1n) is 6.69. The fourth-order valence-electron chi connectivity index (χ4n) is 2.83. The Kier molecular flexibility index (Phi) is 3.22. The normalized spacial score (nSPS) is 18.2. The van der Waals surface area contributed by atoms with Crippen molar-refractivity contribution < 1.29 is 5.11 Å². The highest BCUT2D eigenvalue weighted by Crippen LogP contribution is 2.36. The molecule has 2 heterocycles. The third-order valence-electron chi connectivity index (χ3n) is 3.68. The number of aliphatic hydroxyl groups excluding tert-OH is 1. The van der Waals surface area contributed by atoms with Crippen molar-refractivity contribution in [3.63, 3.8) is 0 Å². The van der Waals surface area contributed by atoms with Gasteiger partial charge in [0.15, 0.2) is 0 Å². The number of para-hydroxylation sites is 1. The molecule has 3 nitrogen and oxygen atoms in total. The first kappa shape index (κ1) is 12.2. The molecule has 2 aromatic rings. The first-order chi connectivity index (χ1) is 9.29. The van der Waals surface area contributed by atoms with Crippen LogP contribution in [0.2, 0.25) is 0 Å². The molecule has 1 aromatic carbocycles. The van der Waals surface area contributed by atoms with Gasteiger partial charge in [-0.05, 0) is 30.0 Å². The Balaban J connectivity index is 2.10. The van der Waals surface area contributed by atoms with Gasteiger partial charge in [0, 0.05) is 35.9 Å². The van der Waals surface area contributed by atoms with Crippen LogP contribution in [0.15, 0.2) is 42.7 Å². The average Bonchev–Trinajstić information content (AvgIpc) is 2.46. The van der Waals surface area contributed by atoms with Crippen LogP contribution >= 0.6 is 0 Å². The van der Waals surface area contributed by atoms with Crippen molar-refractivity contribution in [3.05, 3.63) is 53.9 Å². The molecule has 0 amide bonds. The molecular weight excluding hydrogens is 236 g/mol. The summed E-state index contributed by atoms with van der Waals surface area (Å²) in [6.45, 7) is 3.27. The first-order valence-corrected chi connectivity index (χ1v) is 6.69. The van der Waals surface area contributed by atoms with E-state index in [1.54, 1.807) is 12.4 Å². The number of anilines is 2. The van der Waals surface area contributed by atoms with Crippen molar-refractivity contribution in [2.24, 2.45) is 5.92 Å². The number of aromatic nitrogens is 1. The Morgan fingerprint density at radius 2 is 2.11 bits per heavy atom. The quantitative estimate of drug-likeness (QED) is 0.895. The third-order valence-corrected chi connectivity index (χ3v) is 3.68. The van der Waals surface area contributed by atoms with E-state index >= 15 is 0 Å². The lowest BCUT2D eigenvalue weighted by atomic mass is 9.93. The molecule has 98 valence electrons. The Hall–Kier alpha value is -1.87. The molecule has 1 aliphatic heterocycles. The molecule has 0 fully saturated rings. The zero-order valence-corrected chi connectivity index (χ0v) is 11.1. The van der Waals surface area contributed by atoms with Crippen LogP contribution in [0.4, 0.5) is 11.4 Å². The molecule has 1 aromatic heterocycles. The minimum atomic E-state index is 0.0240. The van der Waals surface area contributed by atoms with E-state index in [4.69, 9.17) is 0 Å². The average molecular weight is 254 g/mol. The summed E-state index contributed by atoms with van der Waals surface area (Å²) in [5, 5.41) is 9.50. The second-order valence-corrected chi connectivity index (χ2v) is 5.21. The Bertz CT molecular complexity index is 582. The molecular formula is C16H18N2O. The van der Waals surface area contributed by atoms with Crippen molar-refractivity contribution in [1.29, 1.82) is 0 Å². The molecule has 1 aliphatic rings. The van der Waals surface area contributed by atoms with Gasteiger partial charge >= 0.3 is 0 Å². The Labute approximate surface area is 113 Å². The lowest BCUT2D eigenvalue weighted by Crippen LogP contribution is -2.31. The summed E-state index contributed by atoms with van der Waals surface area (Å²) < 4.78 is 0. The highest BCUT2D eigenvalue weighted by Gasteiger charge is 2.23. The van der Waals surface area contributed by atoms with Crippen molar-refractivity contribution in [2.75, 3.05) is 11.4 Å². The van der Waals surface area contributed by atoms with Crippen molar-refractivity contribution >= 4 is 11.4 Å². The van der Waals surface area contributed by atoms with Crippen LogP contribution in [-0.2, 0) is 13.0 Å². The van der Waals surface area contributed by atoms with E-state index in [1.165, 1.54) is 11.3 Å². The highest BCUT2D eigenvalue weighted by atomic mass is 16.3. The predicted octanol–water partition coefficient (Wildman–Crippen LogP) is 2.90. The van der Waals surface area contributed by atoms with E-state index in [9.17, 15) is 5.11 Å². The molecule has 0 radical (unpaired) electrons. The topological polar surface area (TPSA) is 36.4 Å². The summed E-state index contributed by atoms with van der Waals surface area (Å²) in [6.07, 6.45) is 4.65. The number of aliphatic hydroxyl groups is 1. The maximum Gasteiger partial charge on any atom is 0.0717 e. The Morgan fingerprint density at radius 1 is 1.26 bits per heavy atom. The van der Waals surface area contributed by atoms with Crippen LogP contribution in [0.1, 0.15) is 18.1 Å². The van der Waals surface area contributed by atoms with Crippen LogP contribution in [0.25, 0.3) is 0 Å². The molecule has 0 bridgehead atoms. The van der Waals surface area contributed by atoms with Gasteiger partial charge in [-0.25, -0.2) is 0 Å². The highest BCUT2D eigenvalue weighted by molar-refractivity contribution is 5.69. The monoisotopic (exact) mass is 254 g/mol. The summed E-state index contributed by atoms with van der Waals surface area (Å²) in [5.41, 5.74) is 4.58. The fourth-order valence-corrected chi connectivity index (χ4v) is 2.83. The standard InChI is InChI=1S/C16H18N2O/c1-12-8-13-4-2-3-5-15(13)18(10-12)16-6-7-17-9-14(16)11-19/h2-7,9,12,19H,8,10-11H2,1H3. The van der Waals surface area contributed by atoms with Crippen LogP contribution in [-0.4, -0.2) is 16.6 Å². The number of hydrogen-bond donors (Lipinski definition) is 1. The fraction of sp³-hybridized carbons (Fsp3) is 0.312.